The maximum atomic E-state index is 9.29. The van der Waals surface area contributed by atoms with Gasteiger partial charge in [0, 0.05) is 5.92 Å². The average molecular weight is 146 g/mol. The van der Waals surface area contributed by atoms with Crippen molar-refractivity contribution >= 4 is 0 Å². The van der Waals surface area contributed by atoms with E-state index in [2.05, 4.69) is 0 Å². The van der Waals surface area contributed by atoms with Gasteiger partial charge in [-0.05, 0) is 6.92 Å². The van der Waals surface area contributed by atoms with Gasteiger partial charge in [0.1, 0.15) is 6.10 Å². The van der Waals surface area contributed by atoms with Gasteiger partial charge in [-0.1, -0.05) is 6.92 Å². The van der Waals surface area contributed by atoms with Crippen LogP contribution in [0.1, 0.15) is 13.8 Å². The van der Waals surface area contributed by atoms with E-state index in [-0.39, 0.29) is 18.6 Å². The number of rotatable bonds is 0. The van der Waals surface area contributed by atoms with Gasteiger partial charge < -0.3 is 14.9 Å². The van der Waals surface area contributed by atoms with Gasteiger partial charge >= 0.3 is 0 Å². The van der Waals surface area contributed by atoms with Crippen LogP contribution in [-0.4, -0.2) is 35.1 Å². The molecule has 1 heterocycles. The van der Waals surface area contributed by atoms with Gasteiger partial charge in [-0.25, -0.2) is 0 Å². The molecule has 4 atom stereocenters. The maximum Gasteiger partial charge on any atom is 0.104 e. The van der Waals surface area contributed by atoms with Crippen molar-refractivity contribution in [2.75, 3.05) is 6.61 Å². The number of aliphatic hydroxyl groups excluding tert-OH is 2. The van der Waals surface area contributed by atoms with Crippen LogP contribution in [0.15, 0.2) is 0 Å². The summed E-state index contributed by atoms with van der Waals surface area (Å²) in [5, 5.41) is 18.4. The van der Waals surface area contributed by atoms with Crippen molar-refractivity contribution in [3.63, 3.8) is 0 Å². The second-order valence-corrected chi connectivity index (χ2v) is 2.96. The Hall–Kier alpha value is -0.120. The molecule has 0 spiro atoms. The molecule has 0 unspecified atom stereocenters. The van der Waals surface area contributed by atoms with Crippen LogP contribution in [-0.2, 0) is 4.74 Å². The van der Waals surface area contributed by atoms with Crippen molar-refractivity contribution in [3.05, 3.63) is 0 Å². The normalized spacial score (nSPS) is 49.2. The summed E-state index contributed by atoms with van der Waals surface area (Å²) in [6, 6.07) is 0. The molecular formula is C7H14O3. The molecular weight excluding hydrogens is 132 g/mol. The second-order valence-electron chi connectivity index (χ2n) is 2.96. The molecule has 1 aliphatic heterocycles. The SMILES string of the molecule is C[C@@H]1[C@@H](O)[C@H](O)CO[C@H]1C. The van der Waals surface area contributed by atoms with E-state index in [1.165, 1.54) is 0 Å². The van der Waals surface area contributed by atoms with E-state index in [0.717, 1.165) is 0 Å². The third kappa shape index (κ3) is 1.31. The van der Waals surface area contributed by atoms with Crippen LogP contribution in [0, 0.1) is 5.92 Å². The number of hydrogen-bond acceptors (Lipinski definition) is 3. The number of ether oxygens (including phenoxy) is 1. The van der Waals surface area contributed by atoms with Gasteiger partial charge in [-0.3, -0.25) is 0 Å². The molecule has 0 aliphatic carbocycles. The third-order valence-corrected chi connectivity index (χ3v) is 2.20. The monoisotopic (exact) mass is 146 g/mol. The average Bonchev–Trinajstić information content (AvgIpc) is 1.93. The van der Waals surface area contributed by atoms with Gasteiger partial charge in [0.2, 0.25) is 0 Å². The van der Waals surface area contributed by atoms with Gasteiger partial charge in [0.25, 0.3) is 0 Å². The molecule has 3 nitrogen and oxygen atoms in total. The van der Waals surface area contributed by atoms with Crippen LogP contribution < -0.4 is 0 Å². The first-order valence-electron chi connectivity index (χ1n) is 3.60. The zero-order valence-corrected chi connectivity index (χ0v) is 6.32. The molecule has 0 amide bonds. The Kier molecular flexibility index (Phi) is 2.28. The van der Waals surface area contributed by atoms with Crippen LogP contribution in [0.3, 0.4) is 0 Å². The van der Waals surface area contributed by atoms with Crippen molar-refractivity contribution in [1.82, 2.24) is 0 Å². The van der Waals surface area contributed by atoms with Crippen LogP contribution in [0.2, 0.25) is 0 Å². The zero-order chi connectivity index (χ0) is 7.72. The van der Waals surface area contributed by atoms with E-state index in [1.807, 2.05) is 13.8 Å². The van der Waals surface area contributed by atoms with E-state index in [1.54, 1.807) is 0 Å². The van der Waals surface area contributed by atoms with E-state index >= 15 is 0 Å². The minimum atomic E-state index is -0.703. The molecule has 1 saturated heterocycles. The summed E-state index contributed by atoms with van der Waals surface area (Å²) in [5.74, 6) is 0.0312. The fourth-order valence-corrected chi connectivity index (χ4v) is 1.13. The number of hydrogen-bond donors (Lipinski definition) is 2. The van der Waals surface area contributed by atoms with Crippen molar-refractivity contribution in [2.24, 2.45) is 5.92 Å². The topological polar surface area (TPSA) is 49.7 Å². The molecule has 1 aliphatic rings. The van der Waals surface area contributed by atoms with Crippen LogP contribution >= 0.6 is 0 Å². The lowest BCUT2D eigenvalue weighted by Gasteiger charge is -2.34. The maximum absolute atomic E-state index is 9.29. The van der Waals surface area contributed by atoms with Crippen molar-refractivity contribution in [1.29, 1.82) is 0 Å². The second kappa shape index (κ2) is 2.86. The van der Waals surface area contributed by atoms with Crippen LogP contribution in [0.5, 0.6) is 0 Å². The van der Waals surface area contributed by atoms with Crippen LogP contribution in [0.25, 0.3) is 0 Å². The van der Waals surface area contributed by atoms with E-state index in [9.17, 15) is 5.11 Å². The molecule has 0 saturated carbocycles. The van der Waals surface area contributed by atoms with Gasteiger partial charge in [-0.2, -0.15) is 0 Å². The Balaban J connectivity index is 2.52. The molecule has 10 heavy (non-hydrogen) atoms. The fourth-order valence-electron chi connectivity index (χ4n) is 1.13. The lowest BCUT2D eigenvalue weighted by atomic mass is 9.93. The molecule has 2 N–H and O–H groups in total. The quantitative estimate of drug-likeness (QED) is 0.496. The highest BCUT2D eigenvalue weighted by molar-refractivity contribution is 4.81. The van der Waals surface area contributed by atoms with Crippen molar-refractivity contribution in [3.8, 4) is 0 Å². The summed E-state index contributed by atoms with van der Waals surface area (Å²) < 4.78 is 5.16. The van der Waals surface area contributed by atoms with Crippen molar-refractivity contribution in [2.45, 2.75) is 32.2 Å². The summed E-state index contributed by atoms with van der Waals surface area (Å²) in [5.41, 5.74) is 0. The summed E-state index contributed by atoms with van der Waals surface area (Å²) >= 11 is 0. The van der Waals surface area contributed by atoms with Crippen molar-refractivity contribution < 1.29 is 14.9 Å². The predicted molar refractivity (Wildman–Crippen MR) is 36.6 cm³/mol. The van der Waals surface area contributed by atoms with Gasteiger partial charge in [-0.15, -0.1) is 0 Å². The zero-order valence-electron chi connectivity index (χ0n) is 6.32. The Morgan fingerprint density at radius 1 is 1.30 bits per heavy atom. The smallest absolute Gasteiger partial charge is 0.104 e. The predicted octanol–water partition coefficient (Wildman–Crippen LogP) is -0.237. The summed E-state index contributed by atoms with van der Waals surface area (Å²) in [4.78, 5) is 0. The molecule has 0 aromatic rings. The molecule has 0 aromatic heterocycles. The third-order valence-electron chi connectivity index (χ3n) is 2.20. The molecule has 60 valence electrons. The first kappa shape index (κ1) is 7.98. The summed E-state index contributed by atoms with van der Waals surface area (Å²) in [7, 11) is 0. The minimum absolute atomic E-state index is 0.0312. The lowest BCUT2D eigenvalue weighted by Crippen LogP contribution is -2.46. The standard InChI is InChI=1S/C7H14O3/c1-4-5(2)10-3-6(8)7(4)9/h4-9H,3H2,1-2H3/t4-,5-,6+,7+/m0/s1. The molecule has 0 aromatic carbocycles. The molecule has 0 radical (unpaired) electrons. The van der Waals surface area contributed by atoms with E-state index in [4.69, 9.17) is 9.84 Å². The first-order chi connectivity index (χ1) is 4.63. The first-order valence-corrected chi connectivity index (χ1v) is 3.60. The van der Waals surface area contributed by atoms with E-state index < -0.39 is 12.2 Å². The highest BCUT2D eigenvalue weighted by Gasteiger charge is 2.32. The highest BCUT2D eigenvalue weighted by Crippen LogP contribution is 2.20. The van der Waals surface area contributed by atoms with Gasteiger partial charge in [0.15, 0.2) is 0 Å². The Morgan fingerprint density at radius 2 is 1.90 bits per heavy atom. The summed E-state index contributed by atoms with van der Waals surface area (Å²) in [6.45, 7) is 4.03. The van der Waals surface area contributed by atoms with Crippen LogP contribution in [0.4, 0.5) is 0 Å². The number of aliphatic hydroxyl groups is 2. The molecule has 3 heteroatoms. The largest absolute Gasteiger partial charge is 0.390 e. The lowest BCUT2D eigenvalue weighted by molar-refractivity contribution is -0.147. The fraction of sp³-hybridized carbons (Fsp3) is 1.00. The van der Waals surface area contributed by atoms with Gasteiger partial charge in [0.05, 0.1) is 18.8 Å². The Labute approximate surface area is 60.6 Å². The highest BCUT2D eigenvalue weighted by atomic mass is 16.5. The molecule has 1 fully saturated rings. The Morgan fingerprint density at radius 3 is 2.40 bits per heavy atom. The Bertz CT molecular complexity index is 101. The molecule has 1 rings (SSSR count). The summed E-state index contributed by atoms with van der Waals surface area (Å²) in [6.07, 6.45) is -1.27. The minimum Gasteiger partial charge on any atom is -0.390 e. The molecule has 0 bridgehead atoms. The van der Waals surface area contributed by atoms with E-state index in [0.29, 0.717) is 0 Å².